The van der Waals surface area contributed by atoms with Crippen molar-refractivity contribution in [1.29, 1.82) is 0 Å². The van der Waals surface area contributed by atoms with E-state index in [9.17, 15) is 18.8 Å². The van der Waals surface area contributed by atoms with Gasteiger partial charge >= 0.3 is 6.03 Å². The lowest BCUT2D eigenvalue weighted by atomic mass is 9.66. The van der Waals surface area contributed by atoms with Crippen molar-refractivity contribution in [2.24, 2.45) is 7.05 Å². The van der Waals surface area contributed by atoms with E-state index < -0.39 is 5.82 Å². The number of nitrogens with one attached hydrogen (secondary N) is 3. The van der Waals surface area contributed by atoms with Gasteiger partial charge in [0.15, 0.2) is 0 Å². The van der Waals surface area contributed by atoms with E-state index >= 15 is 0 Å². The summed E-state index contributed by atoms with van der Waals surface area (Å²) in [5.74, 6) is -0.190. The largest absolute Gasteiger partial charge is 0.359 e. The topological polar surface area (TPSA) is 100 Å². The van der Waals surface area contributed by atoms with E-state index in [1.807, 2.05) is 28.8 Å². The molecule has 4 aliphatic rings. The van der Waals surface area contributed by atoms with Crippen LogP contribution in [0, 0.1) is 16.3 Å². The highest BCUT2D eigenvalue weighted by Crippen LogP contribution is 2.50. The maximum absolute atomic E-state index is 14.8. The Bertz CT molecular complexity index is 1550. The molecule has 2 aliphatic carbocycles. The molecule has 2 unspecified atom stereocenters. The standard InChI is InChI=1S/C25H26FIN6O3/c1-11-19-18(33-16-9-17(33)21(16)30-25(36)28-2)10-32(13-5-6-13)24(35)20(19)22(31(3)23(11)34)29-15-7-4-12(27)8-14(15)26/h4,7-8,10,13,16-17,21,29H,5-6,9H2,1-3H3,(H2,28,30,36). The first-order chi connectivity index (χ1) is 17.2. The monoisotopic (exact) mass is 604 g/mol. The molecule has 2 aromatic heterocycles. The molecular formula is C25H26FIN6O3. The number of aryl methyl sites for hydroxylation is 1. The van der Waals surface area contributed by atoms with Crippen LogP contribution < -0.4 is 32.0 Å². The number of carbonyl (C=O) groups excluding carboxylic acids is 1. The Hall–Kier alpha value is -3.09. The number of urea groups is 1. The Morgan fingerprint density at radius 1 is 1.14 bits per heavy atom. The molecule has 0 spiro atoms. The van der Waals surface area contributed by atoms with Crippen molar-refractivity contribution in [3.05, 3.63) is 60.1 Å². The SMILES string of the molecule is CNC(=O)NC1C2CC1N2c1cn(C2CC2)c(=O)c2c(Nc3ccc(I)cc3F)n(C)c(=O)c(C)c12. The maximum Gasteiger partial charge on any atom is 0.314 e. The third kappa shape index (κ3) is 3.35. The predicted molar refractivity (Wildman–Crippen MR) is 145 cm³/mol. The van der Waals surface area contributed by atoms with E-state index in [1.54, 1.807) is 37.7 Å². The molecule has 11 heteroatoms. The van der Waals surface area contributed by atoms with E-state index in [0.717, 1.165) is 28.5 Å². The normalized spacial score (nSPS) is 22.1. The number of rotatable bonds is 5. The second-order valence-corrected chi connectivity index (χ2v) is 11.1. The van der Waals surface area contributed by atoms with Gasteiger partial charge in [-0.25, -0.2) is 9.18 Å². The van der Waals surface area contributed by atoms with Gasteiger partial charge in [-0.2, -0.15) is 0 Å². The Kier molecular flexibility index (Phi) is 5.32. The molecule has 2 amide bonds. The van der Waals surface area contributed by atoms with Crippen LogP contribution in [0.2, 0.25) is 0 Å². The van der Waals surface area contributed by atoms with E-state index in [2.05, 4.69) is 20.9 Å². The number of nitrogens with zero attached hydrogens (tertiary/aromatic N) is 3. The molecular weight excluding hydrogens is 578 g/mol. The minimum Gasteiger partial charge on any atom is -0.359 e. The summed E-state index contributed by atoms with van der Waals surface area (Å²) in [5.41, 5.74) is 1.03. The van der Waals surface area contributed by atoms with Crippen molar-refractivity contribution in [1.82, 2.24) is 19.8 Å². The van der Waals surface area contributed by atoms with E-state index in [1.165, 1.54) is 10.6 Å². The Balaban J connectivity index is 1.54. The molecule has 2 aliphatic heterocycles. The minimum atomic E-state index is -0.464. The fourth-order valence-electron chi connectivity index (χ4n) is 5.48. The van der Waals surface area contributed by atoms with E-state index in [4.69, 9.17) is 0 Å². The van der Waals surface area contributed by atoms with Gasteiger partial charge < -0.3 is 25.4 Å². The number of fused-ring (bicyclic) bond motifs is 1. The van der Waals surface area contributed by atoms with Crippen LogP contribution in [-0.4, -0.2) is 40.3 Å². The van der Waals surface area contributed by atoms with Gasteiger partial charge in [-0.05, 0) is 67.0 Å². The Morgan fingerprint density at radius 3 is 2.47 bits per heavy atom. The molecule has 3 N–H and O–H groups in total. The number of carbonyl (C=O) groups is 1. The van der Waals surface area contributed by atoms with E-state index in [-0.39, 0.29) is 52.8 Å². The van der Waals surface area contributed by atoms with E-state index in [0.29, 0.717) is 16.3 Å². The number of amides is 2. The lowest BCUT2D eigenvalue weighted by molar-refractivity contribution is 0.100. The summed E-state index contributed by atoms with van der Waals surface area (Å²) in [4.78, 5) is 41.2. The van der Waals surface area contributed by atoms with Gasteiger partial charge in [0.2, 0.25) is 0 Å². The van der Waals surface area contributed by atoms with Crippen LogP contribution in [0.3, 0.4) is 0 Å². The molecule has 2 saturated heterocycles. The summed E-state index contributed by atoms with van der Waals surface area (Å²) in [6.45, 7) is 1.73. The van der Waals surface area contributed by atoms with Gasteiger partial charge in [0.25, 0.3) is 11.1 Å². The van der Waals surface area contributed by atoms with Gasteiger partial charge in [-0.3, -0.25) is 14.2 Å². The lowest BCUT2D eigenvalue weighted by Crippen LogP contribution is -2.84. The molecule has 2 atom stereocenters. The van der Waals surface area contributed by atoms with Crippen LogP contribution >= 0.6 is 22.6 Å². The highest BCUT2D eigenvalue weighted by molar-refractivity contribution is 14.1. The molecule has 2 bridgehead atoms. The molecule has 188 valence electrons. The second kappa shape index (κ2) is 8.22. The zero-order valence-corrected chi connectivity index (χ0v) is 22.2. The summed E-state index contributed by atoms with van der Waals surface area (Å²) in [5, 5.41) is 9.60. The molecule has 4 fully saturated rings. The fraction of sp³-hybridized carbons (Fsp3) is 0.400. The van der Waals surface area contributed by atoms with Crippen molar-refractivity contribution >= 4 is 56.6 Å². The Labute approximate surface area is 219 Å². The average molecular weight is 604 g/mol. The number of pyridine rings is 2. The molecule has 2 saturated carbocycles. The average Bonchev–Trinajstić information content (AvgIpc) is 3.65. The first kappa shape index (κ1) is 23.3. The summed E-state index contributed by atoms with van der Waals surface area (Å²) >= 11 is 2.03. The van der Waals surface area contributed by atoms with Crippen LogP contribution in [0.15, 0.2) is 34.0 Å². The van der Waals surface area contributed by atoms with Gasteiger partial charge in [-0.1, -0.05) is 0 Å². The first-order valence-electron chi connectivity index (χ1n) is 12.0. The second-order valence-electron chi connectivity index (χ2n) is 9.82. The molecule has 3 aromatic rings. The number of aromatic nitrogens is 2. The third-order valence-electron chi connectivity index (χ3n) is 7.74. The van der Waals surface area contributed by atoms with Crippen LogP contribution in [0.25, 0.3) is 10.8 Å². The highest BCUT2D eigenvalue weighted by atomic mass is 127. The van der Waals surface area contributed by atoms with Crippen molar-refractivity contribution < 1.29 is 9.18 Å². The Morgan fingerprint density at radius 2 is 1.86 bits per heavy atom. The van der Waals surface area contributed by atoms with Gasteiger partial charge in [0, 0.05) is 40.9 Å². The third-order valence-corrected chi connectivity index (χ3v) is 8.41. The first-order valence-corrected chi connectivity index (χ1v) is 13.1. The molecule has 4 heterocycles. The smallest absolute Gasteiger partial charge is 0.314 e. The summed E-state index contributed by atoms with van der Waals surface area (Å²) in [6.07, 6.45) is 4.64. The van der Waals surface area contributed by atoms with Gasteiger partial charge in [-0.15, -0.1) is 0 Å². The number of halogens is 2. The predicted octanol–water partition coefficient (Wildman–Crippen LogP) is 3.09. The molecule has 36 heavy (non-hydrogen) atoms. The molecule has 0 radical (unpaired) electrons. The number of benzene rings is 1. The van der Waals surface area contributed by atoms with Gasteiger partial charge in [0.1, 0.15) is 11.6 Å². The van der Waals surface area contributed by atoms with Gasteiger partial charge in [0.05, 0.1) is 34.9 Å². The van der Waals surface area contributed by atoms with Crippen LogP contribution in [0.1, 0.15) is 30.9 Å². The zero-order chi connectivity index (χ0) is 25.5. The van der Waals surface area contributed by atoms with Crippen LogP contribution in [0.5, 0.6) is 0 Å². The maximum atomic E-state index is 14.8. The number of hydrogen-bond donors (Lipinski definition) is 3. The summed E-state index contributed by atoms with van der Waals surface area (Å²) in [7, 11) is 3.18. The quantitative estimate of drug-likeness (QED) is 0.389. The molecule has 1 aromatic carbocycles. The number of anilines is 3. The molecule has 7 rings (SSSR count). The lowest BCUT2D eigenvalue weighted by Gasteiger charge is -2.68. The van der Waals surface area contributed by atoms with Crippen molar-refractivity contribution in [3.8, 4) is 0 Å². The summed E-state index contributed by atoms with van der Waals surface area (Å²) in [6, 6.07) is 4.86. The summed E-state index contributed by atoms with van der Waals surface area (Å²) < 4.78 is 18.7. The van der Waals surface area contributed by atoms with Crippen molar-refractivity contribution in [2.45, 2.75) is 50.4 Å². The number of hydrogen-bond acceptors (Lipinski definition) is 5. The van der Waals surface area contributed by atoms with Crippen molar-refractivity contribution in [3.63, 3.8) is 0 Å². The highest BCUT2D eigenvalue weighted by Gasteiger charge is 2.61. The zero-order valence-electron chi connectivity index (χ0n) is 20.1. The molecule has 9 nitrogen and oxygen atoms in total. The van der Waals surface area contributed by atoms with Crippen LogP contribution in [0.4, 0.5) is 26.4 Å². The minimum absolute atomic E-state index is 0.0200. The van der Waals surface area contributed by atoms with Crippen molar-refractivity contribution in [2.75, 3.05) is 17.3 Å². The van der Waals surface area contributed by atoms with Crippen LogP contribution in [-0.2, 0) is 7.05 Å². The fourth-order valence-corrected chi connectivity index (χ4v) is 5.94.